The summed E-state index contributed by atoms with van der Waals surface area (Å²) in [6.45, 7) is 2.60. The zero-order chi connectivity index (χ0) is 28.3. The summed E-state index contributed by atoms with van der Waals surface area (Å²) in [6.07, 6.45) is 0.915. The van der Waals surface area contributed by atoms with Crippen molar-refractivity contribution in [3.63, 3.8) is 0 Å². The molecule has 10 nitrogen and oxygen atoms in total. The van der Waals surface area contributed by atoms with E-state index in [1.54, 1.807) is 60.7 Å². The van der Waals surface area contributed by atoms with E-state index < -0.39 is 36.0 Å². The molecule has 228 valence electrons. The second-order valence-corrected chi connectivity index (χ2v) is 9.72. The molecule has 2 aromatic carbocycles. The number of rotatable bonds is 12. The van der Waals surface area contributed by atoms with Gasteiger partial charge in [0.05, 0.1) is 6.42 Å². The number of aliphatic hydroxyl groups is 1. The molecule has 41 heavy (non-hydrogen) atoms. The van der Waals surface area contributed by atoms with E-state index in [1.165, 1.54) is 11.8 Å². The highest BCUT2D eigenvalue weighted by atomic mass is 35.5. The number of piperidine rings is 1. The first-order valence-corrected chi connectivity index (χ1v) is 13.4. The van der Waals surface area contributed by atoms with Crippen LogP contribution in [-0.4, -0.2) is 66.1 Å². The minimum atomic E-state index is -1.97. The van der Waals surface area contributed by atoms with E-state index >= 15 is 0 Å². The summed E-state index contributed by atoms with van der Waals surface area (Å²) in [5.74, 6) is -1.31. The van der Waals surface area contributed by atoms with E-state index in [0.29, 0.717) is 36.9 Å². The Bertz CT molecular complexity index is 1030. The Morgan fingerprint density at radius 1 is 0.951 bits per heavy atom. The molecular weight excluding hydrogens is 573 g/mol. The van der Waals surface area contributed by atoms with E-state index in [2.05, 4.69) is 0 Å². The van der Waals surface area contributed by atoms with Gasteiger partial charge in [0.25, 0.3) is 0 Å². The van der Waals surface area contributed by atoms with Crippen LogP contribution in [-0.2, 0) is 29.4 Å². The summed E-state index contributed by atoms with van der Waals surface area (Å²) in [4.78, 5) is 39.4. The van der Waals surface area contributed by atoms with Gasteiger partial charge in [0.1, 0.15) is 6.10 Å². The van der Waals surface area contributed by atoms with Crippen LogP contribution in [0.15, 0.2) is 60.7 Å². The van der Waals surface area contributed by atoms with Gasteiger partial charge in [0.15, 0.2) is 0 Å². The van der Waals surface area contributed by atoms with Gasteiger partial charge >= 0.3 is 18.0 Å². The molecule has 1 aliphatic heterocycles. The Hall–Kier alpha value is -2.89. The van der Waals surface area contributed by atoms with Gasteiger partial charge in [-0.25, -0.2) is 9.59 Å². The molecule has 0 bridgehead atoms. The molecule has 2 atom stereocenters. The highest BCUT2D eigenvalue weighted by molar-refractivity contribution is 5.86. The van der Waals surface area contributed by atoms with Crippen LogP contribution in [0.5, 0.6) is 0 Å². The van der Waals surface area contributed by atoms with Crippen LogP contribution in [0, 0.1) is 0 Å². The summed E-state index contributed by atoms with van der Waals surface area (Å²) in [7, 11) is 0. The SMILES string of the molecule is CC(OC(=O)C[C@@H](N)CCCCN)OC(=O)N1CCC(OC(=O)C(O)(c2ccccc2)c2ccccc2)CC1.Cl.Cl. The smallest absolute Gasteiger partial charge is 0.412 e. The number of nitrogens with zero attached hydrogens (tertiary/aromatic N) is 1. The standard InChI is InChI=1S/C29H39N3O7.2ClH/c1-21(37-26(33)20-24(31)14-8-9-17-30)38-28(35)32-18-15-25(16-19-32)39-27(34)29(36,22-10-4-2-5-11-22)23-12-6-3-7-13-23;;/h2-7,10-13,21,24-25,36H,8-9,14-20,30-31H2,1H3;2*1H/t21?,24-;;/m0../s1. The van der Waals surface area contributed by atoms with Gasteiger partial charge < -0.3 is 35.7 Å². The lowest BCUT2D eigenvalue weighted by molar-refractivity contribution is -0.170. The molecule has 1 amide bonds. The molecule has 2 aromatic rings. The number of likely N-dealkylation sites (tertiary alicyclic amines) is 1. The monoisotopic (exact) mass is 613 g/mol. The van der Waals surface area contributed by atoms with E-state index in [4.69, 9.17) is 25.7 Å². The Labute approximate surface area is 253 Å². The summed E-state index contributed by atoms with van der Waals surface area (Å²) in [5.41, 5.74) is 10.2. The summed E-state index contributed by atoms with van der Waals surface area (Å²) >= 11 is 0. The number of ether oxygens (including phenoxy) is 3. The Balaban J connectivity index is 0.00000420. The molecule has 1 fully saturated rings. The molecule has 12 heteroatoms. The Morgan fingerprint density at radius 3 is 2.00 bits per heavy atom. The highest BCUT2D eigenvalue weighted by Gasteiger charge is 2.43. The van der Waals surface area contributed by atoms with Gasteiger partial charge in [0.2, 0.25) is 11.9 Å². The summed E-state index contributed by atoms with van der Waals surface area (Å²) < 4.78 is 16.2. The molecule has 5 N–H and O–H groups in total. The number of halogens is 2. The lowest BCUT2D eigenvalue weighted by atomic mass is 9.86. The third-order valence-electron chi connectivity index (χ3n) is 6.67. The third-order valence-corrected chi connectivity index (χ3v) is 6.67. The fourth-order valence-corrected chi connectivity index (χ4v) is 4.49. The second-order valence-electron chi connectivity index (χ2n) is 9.72. The predicted molar refractivity (Wildman–Crippen MR) is 159 cm³/mol. The van der Waals surface area contributed by atoms with Gasteiger partial charge in [-0.15, -0.1) is 24.8 Å². The molecule has 1 heterocycles. The largest absolute Gasteiger partial charge is 0.460 e. The summed E-state index contributed by atoms with van der Waals surface area (Å²) in [5, 5.41) is 11.6. The van der Waals surface area contributed by atoms with E-state index in [9.17, 15) is 19.5 Å². The van der Waals surface area contributed by atoms with Gasteiger partial charge in [-0.05, 0) is 30.5 Å². The summed E-state index contributed by atoms with van der Waals surface area (Å²) in [6, 6.07) is 17.0. The predicted octanol–water partition coefficient (Wildman–Crippen LogP) is 3.65. The van der Waals surface area contributed by atoms with Crippen LogP contribution in [0.1, 0.15) is 56.6 Å². The fraction of sp³-hybridized carbons (Fsp3) is 0.483. The number of esters is 2. The van der Waals surface area contributed by atoms with Gasteiger partial charge in [-0.2, -0.15) is 0 Å². The fourth-order valence-electron chi connectivity index (χ4n) is 4.49. The van der Waals surface area contributed by atoms with Crippen molar-refractivity contribution in [1.29, 1.82) is 0 Å². The van der Waals surface area contributed by atoms with Crippen molar-refractivity contribution >= 4 is 42.8 Å². The van der Waals surface area contributed by atoms with Crippen LogP contribution >= 0.6 is 24.8 Å². The number of benzene rings is 2. The van der Waals surface area contributed by atoms with Gasteiger partial charge in [-0.3, -0.25) is 4.79 Å². The number of amides is 1. The molecule has 0 spiro atoms. The van der Waals surface area contributed by atoms with Crippen LogP contribution in [0.4, 0.5) is 4.79 Å². The van der Waals surface area contributed by atoms with E-state index in [-0.39, 0.29) is 50.4 Å². The van der Waals surface area contributed by atoms with Crippen molar-refractivity contribution in [1.82, 2.24) is 4.90 Å². The zero-order valence-electron chi connectivity index (χ0n) is 23.2. The van der Waals surface area contributed by atoms with Crippen molar-refractivity contribution in [2.75, 3.05) is 19.6 Å². The zero-order valence-corrected chi connectivity index (χ0v) is 24.8. The van der Waals surface area contributed by atoms with Crippen molar-refractivity contribution in [3.05, 3.63) is 71.8 Å². The first kappa shape index (κ1) is 36.1. The van der Waals surface area contributed by atoms with Gasteiger partial charge in [0, 0.05) is 38.9 Å². The van der Waals surface area contributed by atoms with Crippen LogP contribution in [0.2, 0.25) is 0 Å². The first-order chi connectivity index (χ1) is 18.7. The highest BCUT2D eigenvalue weighted by Crippen LogP contribution is 2.32. The quantitative estimate of drug-likeness (QED) is 0.185. The van der Waals surface area contributed by atoms with E-state index in [0.717, 1.165) is 12.8 Å². The Kier molecular flexibility index (Phi) is 15.7. The molecule has 0 radical (unpaired) electrons. The maximum atomic E-state index is 13.3. The van der Waals surface area contributed by atoms with Crippen molar-refractivity contribution in [2.24, 2.45) is 11.5 Å². The number of unbranched alkanes of at least 4 members (excludes halogenated alkanes) is 1. The Morgan fingerprint density at radius 2 is 1.49 bits per heavy atom. The van der Waals surface area contributed by atoms with Crippen molar-refractivity contribution in [2.45, 2.75) is 69.5 Å². The molecule has 0 aromatic heterocycles. The van der Waals surface area contributed by atoms with Crippen LogP contribution < -0.4 is 11.5 Å². The average Bonchev–Trinajstić information content (AvgIpc) is 2.93. The normalized spacial score (nSPS) is 15.0. The maximum Gasteiger partial charge on any atom is 0.412 e. The number of carbonyl (C=O) groups is 3. The molecule has 1 aliphatic rings. The molecule has 0 saturated carbocycles. The number of hydrogen-bond donors (Lipinski definition) is 3. The topological polar surface area (TPSA) is 154 Å². The molecular formula is C29H41Cl2N3O7. The first-order valence-electron chi connectivity index (χ1n) is 13.4. The minimum absolute atomic E-state index is 0. The van der Waals surface area contributed by atoms with Gasteiger partial charge in [-0.1, -0.05) is 67.1 Å². The third kappa shape index (κ3) is 10.5. The van der Waals surface area contributed by atoms with Crippen molar-refractivity contribution < 1.29 is 33.7 Å². The van der Waals surface area contributed by atoms with Crippen LogP contribution in [0.25, 0.3) is 0 Å². The van der Waals surface area contributed by atoms with Crippen molar-refractivity contribution in [3.8, 4) is 0 Å². The lowest BCUT2D eigenvalue weighted by Crippen LogP contribution is -2.45. The number of carbonyl (C=O) groups excluding carboxylic acids is 3. The molecule has 0 aliphatic carbocycles. The van der Waals surface area contributed by atoms with E-state index in [1.807, 2.05) is 0 Å². The second kappa shape index (κ2) is 17.8. The van der Waals surface area contributed by atoms with Crippen LogP contribution in [0.3, 0.4) is 0 Å². The molecule has 3 rings (SSSR count). The molecule has 1 unspecified atom stereocenters. The maximum absolute atomic E-state index is 13.3. The number of nitrogens with two attached hydrogens (primary N) is 2. The lowest BCUT2D eigenvalue weighted by Gasteiger charge is -2.34. The number of hydrogen-bond acceptors (Lipinski definition) is 9. The minimum Gasteiger partial charge on any atom is -0.460 e. The molecule has 1 saturated heterocycles. The average molecular weight is 615 g/mol.